The van der Waals surface area contributed by atoms with Crippen molar-refractivity contribution < 1.29 is 0 Å². The Hall–Kier alpha value is -6.64. The molecule has 0 atom stereocenters. The molecule has 0 fully saturated rings. The van der Waals surface area contributed by atoms with Crippen LogP contribution in [0.5, 0.6) is 0 Å². The van der Waals surface area contributed by atoms with Crippen LogP contribution in [0.1, 0.15) is 74.9 Å². The number of anilines is 3. The number of fused-ring (bicyclic) bond motifs is 9. The van der Waals surface area contributed by atoms with Gasteiger partial charge in [-0.25, -0.2) is 0 Å². The maximum Gasteiger partial charge on any atom is 0.0543 e. The van der Waals surface area contributed by atoms with Gasteiger partial charge in [0.25, 0.3) is 0 Å². The molecule has 0 N–H and O–H groups in total. The van der Waals surface area contributed by atoms with E-state index in [9.17, 15) is 0 Å². The summed E-state index contributed by atoms with van der Waals surface area (Å²) in [7, 11) is 0. The zero-order chi connectivity index (χ0) is 40.0. The third-order valence-corrected chi connectivity index (χ3v) is 14.3. The zero-order valence-electron chi connectivity index (χ0n) is 34.6. The molecule has 2 nitrogen and oxygen atoms in total. The molecule has 6 aliphatic rings. The summed E-state index contributed by atoms with van der Waals surface area (Å²) in [5.74, 6) is 0. The van der Waals surface area contributed by atoms with Gasteiger partial charge in [0.1, 0.15) is 0 Å². The molecule has 6 aromatic carbocycles. The largest absolute Gasteiger partial charge is 0.323 e. The van der Waals surface area contributed by atoms with E-state index in [0.29, 0.717) is 0 Å². The van der Waals surface area contributed by atoms with Crippen molar-refractivity contribution in [1.82, 2.24) is 4.57 Å². The fraction of sp³-hybridized carbons (Fsp3) is 0.158. The van der Waals surface area contributed by atoms with Gasteiger partial charge in [-0.05, 0) is 131 Å². The highest BCUT2D eigenvalue weighted by atomic mass is 15.2. The molecule has 0 spiro atoms. The lowest BCUT2D eigenvalue weighted by Crippen LogP contribution is -2.38. The van der Waals surface area contributed by atoms with Crippen LogP contribution < -0.4 is 15.3 Å². The summed E-state index contributed by atoms with van der Waals surface area (Å²) in [5, 5.41) is 2.66. The minimum Gasteiger partial charge on any atom is -0.323 e. The van der Waals surface area contributed by atoms with Gasteiger partial charge in [0.2, 0.25) is 0 Å². The highest BCUT2D eigenvalue weighted by Crippen LogP contribution is 2.61. The predicted molar refractivity (Wildman–Crippen MR) is 247 cm³/mol. The highest BCUT2D eigenvalue weighted by Gasteiger charge is 2.46. The van der Waals surface area contributed by atoms with Crippen LogP contribution in [0.4, 0.5) is 17.1 Å². The Balaban J connectivity index is 1.09. The molecule has 3 heterocycles. The summed E-state index contributed by atoms with van der Waals surface area (Å²) in [6, 6.07) is 54.3. The monoisotopic (exact) mass is 758 g/mol. The number of aromatic nitrogens is 1. The van der Waals surface area contributed by atoms with Gasteiger partial charge in [0.15, 0.2) is 0 Å². The fourth-order valence-corrected chi connectivity index (χ4v) is 11.5. The molecule has 0 saturated carbocycles. The third kappa shape index (κ3) is 4.58. The summed E-state index contributed by atoms with van der Waals surface area (Å²) in [6.07, 6.45) is 9.56. The van der Waals surface area contributed by atoms with E-state index in [1.807, 2.05) is 0 Å². The molecule has 284 valence electrons. The van der Waals surface area contributed by atoms with Crippen molar-refractivity contribution in [2.75, 3.05) is 4.90 Å². The Morgan fingerprint density at radius 3 is 1.92 bits per heavy atom. The molecule has 3 aliphatic heterocycles. The van der Waals surface area contributed by atoms with Crippen molar-refractivity contribution in [2.24, 2.45) is 0 Å². The van der Waals surface area contributed by atoms with Crippen molar-refractivity contribution in [3.8, 4) is 39.1 Å². The Labute approximate surface area is 347 Å². The van der Waals surface area contributed by atoms with Crippen LogP contribution in [0.3, 0.4) is 0 Å². The number of nitrogens with zero attached hydrogens (tertiary/aromatic N) is 2. The average molecular weight is 759 g/mol. The second kappa shape index (κ2) is 11.7. The van der Waals surface area contributed by atoms with Gasteiger partial charge in [-0.1, -0.05) is 151 Å². The molecule has 3 aliphatic carbocycles. The molecule has 0 bridgehead atoms. The standard InChI is InChI=1S/C57H46N2/c1-55(2)45-19-12-13-22-49(45)59-50-28-25-38(33-48(50)56(3,4)47-21-14-20-46(55)54(47)59)51-42-29-30-58(40-26-23-36(24-27-40)35-15-8-7-9-16-35)34-44(42)53-43(51)32-39-31-37-17-10-11-18-41(37)52(39)57(53,5)6/h7-34H,1-6H3. The summed E-state index contributed by atoms with van der Waals surface area (Å²) in [6.45, 7) is 14.5. The number of pyridine rings is 1. The van der Waals surface area contributed by atoms with Crippen LogP contribution in [-0.4, -0.2) is 4.57 Å². The topological polar surface area (TPSA) is 8.17 Å². The predicted octanol–water partition coefficient (Wildman–Crippen LogP) is 13.0. The lowest BCUT2D eigenvalue weighted by atomic mass is 9.66. The Morgan fingerprint density at radius 2 is 1.12 bits per heavy atom. The molecule has 0 aromatic heterocycles. The van der Waals surface area contributed by atoms with E-state index in [-0.39, 0.29) is 16.2 Å². The van der Waals surface area contributed by atoms with Crippen molar-refractivity contribution in [1.29, 1.82) is 0 Å². The van der Waals surface area contributed by atoms with Gasteiger partial charge in [-0.3, -0.25) is 0 Å². The smallest absolute Gasteiger partial charge is 0.0543 e. The molecular formula is C57H46N2. The van der Waals surface area contributed by atoms with Crippen molar-refractivity contribution in [3.63, 3.8) is 0 Å². The SMILES string of the molecule is CC1(C)C2=c3ccccc3=CC2=Cc2c(-c3ccc4c(c3)C(C)(C)c3cccc5c3N4c3ccccc3C5(C)C)c3ccn(-c4ccc(-c5ccccc5)cc4)cc-3c21. The molecular weight excluding hydrogens is 713 g/mol. The van der Waals surface area contributed by atoms with Crippen LogP contribution >= 0.6 is 0 Å². The van der Waals surface area contributed by atoms with Crippen LogP contribution in [0.15, 0.2) is 164 Å². The van der Waals surface area contributed by atoms with E-state index in [2.05, 4.69) is 221 Å². The zero-order valence-corrected chi connectivity index (χ0v) is 34.6. The molecule has 59 heavy (non-hydrogen) atoms. The first-order valence-electron chi connectivity index (χ1n) is 21.1. The molecule has 0 amide bonds. The summed E-state index contributed by atoms with van der Waals surface area (Å²) in [5.41, 5.74) is 23.2. The first-order valence-corrected chi connectivity index (χ1v) is 21.1. The van der Waals surface area contributed by atoms with Gasteiger partial charge >= 0.3 is 0 Å². The summed E-state index contributed by atoms with van der Waals surface area (Å²) >= 11 is 0. The summed E-state index contributed by atoms with van der Waals surface area (Å²) < 4.78 is 2.32. The number of allylic oxidation sites excluding steroid dienone is 1. The minimum atomic E-state index is -0.234. The number of benzene rings is 6. The quantitative estimate of drug-likeness (QED) is 0.174. The second-order valence-electron chi connectivity index (χ2n) is 18.6. The van der Waals surface area contributed by atoms with Gasteiger partial charge in [-0.2, -0.15) is 0 Å². The van der Waals surface area contributed by atoms with Crippen molar-refractivity contribution >= 4 is 34.8 Å². The highest BCUT2D eigenvalue weighted by molar-refractivity contribution is 6.07. The average Bonchev–Trinajstić information content (AvgIpc) is 3.80. The molecule has 6 aromatic rings. The Morgan fingerprint density at radius 1 is 0.475 bits per heavy atom. The molecule has 12 rings (SSSR count). The number of para-hydroxylation sites is 2. The Bertz CT molecular complexity index is 3220. The van der Waals surface area contributed by atoms with Crippen molar-refractivity contribution in [2.45, 2.75) is 57.8 Å². The van der Waals surface area contributed by atoms with E-state index in [4.69, 9.17) is 0 Å². The number of rotatable bonds is 3. The molecule has 0 unspecified atom stereocenters. The van der Waals surface area contributed by atoms with Gasteiger partial charge in [-0.15, -0.1) is 0 Å². The number of hydrogen-bond acceptors (Lipinski definition) is 1. The van der Waals surface area contributed by atoms with Gasteiger partial charge in [0.05, 0.1) is 17.1 Å². The van der Waals surface area contributed by atoms with Crippen LogP contribution in [0.2, 0.25) is 0 Å². The lowest BCUT2D eigenvalue weighted by molar-refractivity contribution is 0.597. The third-order valence-electron chi connectivity index (χ3n) is 14.3. The molecule has 2 heteroatoms. The lowest BCUT2D eigenvalue weighted by Gasteiger charge is -2.49. The van der Waals surface area contributed by atoms with Gasteiger partial charge < -0.3 is 9.47 Å². The van der Waals surface area contributed by atoms with Gasteiger partial charge in [0, 0.05) is 39.9 Å². The first-order chi connectivity index (χ1) is 28.5. The number of hydrogen-bond donors (Lipinski definition) is 0. The van der Waals surface area contributed by atoms with E-state index < -0.39 is 0 Å². The van der Waals surface area contributed by atoms with Crippen LogP contribution in [0, 0.1) is 0 Å². The summed E-state index contributed by atoms with van der Waals surface area (Å²) in [4.78, 5) is 2.57. The molecule has 0 radical (unpaired) electrons. The van der Waals surface area contributed by atoms with Crippen molar-refractivity contribution in [3.05, 3.63) is 207 Å². The first kappa shape index (κ1) is 34.4. The van der Waals surface area contributed by atoms with Crippen LogP contribution in [-0.2, 0) is 16.2 Å². The fourth-order valence-electron chi connectivity index (χ4n) is 11.5. The maximum atomic E-state index is 2.57. The minimum absolute atomic E-state index is 0.104. The second-order valence-corrected chi connectivity index (χ2v) is 18.6. The Kier molecular flexibility index (Phi) is 6.84. The van der Waals surface area contributed by atoms with E-state index in [0.717, 1.165) is 5.69 Å². The molecule has 0 saturated heterocycles. The van der Waals surface area contributed by atoms with E-state index >= 15 is 0 Å². The maximum absolute atomic E-state index is 2.57. The van der Waals surface area contributed by atoms with E-state index in [1.54, 1.807) is 0 Å². The normalized spacial score (nSPS) is 16.9. The van der Waals surface area contributed by atoms with Crippen LogP contribution in [0.25, 0.3) is 56.8 Å². The van der Waals surface area contributed by atoms with E-state index in [1.165, 1.54) is 105 Å².